The van der Waals surface area contributed by atoms with Crippen LogP contribution in [-0.4, -0.2) is 36.1 Å². The Labute approximate surface area is 161 Å². The van der Waals surface area contributed by atoms with Gasteiger partial charge in [-0.05, 0) is 62.6 Å². The number of nitrogens with two attached hydrogens (primary N) is 1. The molecule has 2 fully saturated rings. The SMILES string of the molecule is Nc1nc2c(c(N3CCC4(CCNCC4)C3)n1)CCCC2c1ccccc1. The minimum absolute atomic E-state index is 0.342. The van der Waals surface area contributed by atoms with Gasteiger partial charge >= 0.3 is 0 Å². The maximum Gasteiger partial charge on any atom is 0.222 e. The van der Waals surface area contributed by atoms with E-state index < -0.39 is 0 Å². The molecule has 5 nitrogen and oxygen atoms in total. The van der Waals surface area contributed by atoms with Crippen molar-refractivity contribution in [2.75, 3.05) is 36.8 Å². The molecule has 5 rings (SSSR count). The Balaban J connectivity index is 1.51. The van der Waals surface area contributed by atoms with Crippen LogP contribution in [0.15, 0.2) is 30.3 Å². The fourth-order valence-corrected chi connectivity index (χ4v) is 5.41. The predicted molar refractivity (Wildman–Crippen MR) is 109 cm³/mol. The van der Waals surface area contributed by atoms with Crippen LogP contribution in [0.4, 0.5) is 11.8 Å². The third kappa shape index (κ3) is 3.08. The molecule has 1 unspecified atom stereocenters. The molecule has 142 valence electrons. The first-order valence-electron chi connectivity index (χ1n) is 10.4. The molecule has 0 radical (unpaired) electrons. The molecule has 0 saturated carbocycles. The third-order valence-corrected chi connectivity index (χ3v) is 6.89. The summed E-state index contributed by atoms with van der Waals surface area (Å²) >= 11 is 0. The summed E-state index contributed by atoms with van der Waals surface area (Å²) < 4.78 is 0. The average Bonchev–Trinajstić information content (AvgIpc) is 3.11. The van der Waals surface area contributed by atoms with Crippen LogP contribution < -0.4 is 16.0 Å². The molecule has 2 aliphatic heterocycles. The van der Waals surface area contributed by atoms with Crippen LogP contribution in [0.2, 0.25) is 0 Å². The zero-order valence-corrected chi connectivity index (χ0v) is 16.0. The van der Waals surface area contributed by atoms with Crippen LogP contribution >= 0.6 is 0 Å². The molecule has 1 atom stereocenters. The van der Waals surface area contributed by atoms with E-state index in [0.717, 1.165) is 44.8 Å². The number of fused-ring (bicyclic) bond motifs is 1. The van der Waals surface area contributed by atoms with E-state index in [9.17, 15) is 0 Å². The highest BCUT2D eigenvalue weighted by atomic mass is 15.2. The Morgan fingerprint density at radius 2 is 1.89 bits per heavy atom. The number of aromatic nitrogens is 2. The summed E-state index contributed by atoms with van der Waals surface area (Å²) in [6, 6.07) is 10.8. The van der Waals surface area contributed by atoms with Gasteiger partial charge in [0.15, 0.2) is 0 Å². The van der Waals surface area contributed by atoms with Gasteiger partial charge in [0.1, 0.15) is 5.82 Å². The standard InChI is InChI=1S/C22H29N5/c23-21-25-19-17(16-5-2-1-3-6-16)7-4-8-18(19)20(26-21)27-14-11-22(15-27)9-12-24-13-10-22/h1-3,5-6,17,24H,4,7-15H2,(H2,23,25,26). The zero-order valence-electron chi connectivity index (χ0n) is 16.0. The lowest BCUT2D eigenvalue weighted by Crippen LogP contribution is -2.39. The Hall–Kier alpha value is -2.14. The van der Waals surface area contributed by atoms with Crippen LogP contribution in [0, 0.1) is 5.41 Å². The van der Waals surface area contributed by atoms with Gasteiger partial charge in [-0.15, -0.1) is 0 Å². The van der Waals surface area contributed by atoms with Crippen LogP contribution in [0.25, 0.3) is 0 Å². The van der Waals surface area contributed by atoms with Crippen LogP contribution in [0.5, 0.6) is 0 Å². The van der Waals surface area contributed by atoms with Gasteiger partial charge in [-0.3, -0.25) is 0 Å². The van der Waals surface area contributed by atoms with Crippen LogP contribution in [0.1, 0.15) is 54.8 Å². The summed E-state index contributed by atoms with van der Waals surface area (Å²) in [4.78, 5) is 12.0. The van der Waals surface area contributed by atoms with E-state index in [0.29, 0.717) is 17.3 Å². The number of anilines is 2. The van der Waals surface area contributed by atoms with Crippen molar-refractivity contribution in [3.05, 3.63) is 47.2 Å². The van der Waals surface area contributed by atoms with E-state index in [1.807, 2.05) is 0 Å². The highest BCUT2D eigenvalue weighted by Gasteiger charge is 2.40. The molecule has 0 bridgehead atoms. The lowest BCUT2D eigenvalue weighted by Gasteiger charge is -2.34. The Morgan fingerprint density at radius 1 is 1.07 bits per heavy atom. The Morgan fingerprint density at radius 3 is 2.70 bits per heavy atom. The van der Waals surface area contributed by atoms with Gasteiger partial charge in [-0.2, -0.15) is 4.98 Å². The van der Waals surface area contributed by atoms with Crippen molar-refractivity contribution in [3.63, 3.8) is 0 Å². The molecule has 0 amide bonds. The Kier molecular flexibility index (Phi) is 4.27. The summed E-state index contributed by atoms with van der Waals surface area (Å²) in [5, 5.41) is 3.51. The minimum atomic E-state index is 0.342. The van der Waals surface area contributed by atoms with Crippen molar-refractivity contribution in [2.45, 2.75) is 44.4 Å². The predicted octanol–water partition coefficient (Wildman–Crippen LogP) is 3.11. The van der Waals surface area contributed by atoms with Gasteiger partial charge in [0.25, 0.3) is 0 Å². The van der Waals surface area contributed by atoms with Crippen LogP contribution in [0.3, 0.4) is 0 Å². The molecule has 1 aromatic heterocycles. The lowest BCUT2D eigenvalue weighted by atomic mass is 9.78. The lowest BCUT2D eigenvalue weighted by molar-refractivity contribution is 0.232. The molecule has 27 heavy (non-hydrogen) atoms. The van der Waals surface area contributed by atoms with E-state index >= 15 is 0 Å². The van der Waals surface area contributed by atoms with E-state index in [2.05, 4.69) is 40.5 Å². The van der Waals surface area contributed by atoms with Crippen molar-refractivity contribution < 1.29 is 0 Å². The largest absolute Gasteiger partial charge is 0.368 e. The number of hydrogen-bond donors (Lipinski definition) is 2. The summed E-state index contributed by atoms with van der Waals surface area (Å²) in [5.41, 5.74) is 10.5. The number of nitrogens with one attached hydrogen (secondary N) is 1. The first-order valence-corrected chi connectivity index (χ1v) is 10.4. The molecule has 5 heteroatoms. The molecule has 3 aliphatic rings. The number of nitrogens with zero attached hydrogens (tertiary/aromatic N) is 3. The van der Waals surface area contributed by atoms with Gasteiger partial charge in [-0.25, -0.2) is 4.98 Å². The monoisotopic (exact) mass is 363 g/mol. The van der Waals surface area contributed by atoms with E-state index in [-0.39, 0.29) is 0 Å². The fourth-order valence-electron chi connectivity index (χ4n) is 5.41. The van der Waals surface area contributed by atoms with Gasteiger partial charge in [-0.1, -0.05) is 30.3 Å². The topological polar surface area (TPSA) is 67.1 Å². The summed E-state index contributed by atoms with van der Waals surface area (Å²) in [7, 11) is 0. The maximum atomic E-state index is 6.20. The van der Waals surface area contributed by atoms with Crippen molar-refractivity contribution in [1.82, 2.24) is 15.3 Å². The molecule has 1 aliphatic carbocycles. The highest BCUT2D eigenvalue weighted by molar-refractivity contribution is 5.56. The smallest absolute Gasteiger partial charge is 0.222 e. The van der Waals surface area contributed by atoms with E-state index in [4.69, 9.17) is 15.7 Å². The first kappa shape index (κ1) is 17.0. The van der Waals surface area contributed by atoms with Gasteiger partial charge in [0.05, 0.1) is 5.69 Å². The number of rotatable bonds is 2. The second-order valence-corrected chi connectivity index (χ2v) is 8.55. The Bertz CT molecular complexity index is 813. The molecule has 2 aromatic rings. The number of piperidine rings is 1. The normalized spacial score (nSPS) is 24.1. The number of benzene rings is 1. The minimum Gasteiger partial charge on any atom is -0.368 e. The van der Waals surface area contributed by atoms with E-state index in [1.54, 1.807) is 0 Å². The first-order chi connectivity index (χ1) is 13.2. The van der Waals surface area contributed by atoms with Gasteiger partial charge < -0.3 is 16.0 Å². The fraction of sp³-hybridized carbons (Fsp3) is 0.545. The second kappa shape index (κ2) is 6.79. The van der Waals surface area contributed by atoms with Crippen molar-refractivity contribution >= 4 is 11.8 Å². The van der Waals surface area contributed by atoms with Crippen molar-refractivity contribution in [1.29, 1.82) is 0 Å². The van der Waals surface area contributed by atoms with Crippen molar-refractivity contribution in [2.24, 2.45) is 5.41 Å². The highest BCUT2D eigenvalue weighted by Crippen LogP contribution is 2.44. The quantitative estimate of drug-likeness (QED) is 0.858. The number of hydrogen-bond acceptors (Lipinski definition) is 5. The van der Waals surface area contributed by atoms with Crippen molar-refractivity contribution in [3.8, 4) is 0 Å². The molecule has 3 heterocycles. The van der Waals surface area contributed by atoms with Gasteiger partial charge in [0.2, 0.25) is 5.95 Å². The van der Waals surface area contributed by atoms with Gasteiger partial charge in [0, 0.05) is 24.6 Å². The zero-order chi connectivity index (χ0) is 18.3. The third-order valence-electron chi connectivity index (χ3n) is 6.89. The summed E-state index contributed by atoms with van der Waals surface area (Å²) in [6.07, 6.45) is 7.23. The molecule has 2 saturated heterocycles. The average molecular weight is 364 g/mol. The molecule has 3 N–H and O–H groups in total. The molecule has 1 aromatic carbocycles. The summed E-state index contributed by atoms with van der Waals surface area (Å²) in [6.45, 7) is 4.51. The molecular weight excluding hydrogens is 334 g/mol. The maximum absolute atomic E-state index is 6.20. The van der Waals surface area contributed by atoms with Crippen LogP contribution in [-0.2, 0) is 6.42 Å². The number of nitrogen functional groups attached to an aromatic ring is 1. The molecular formula is C22H29N5. The second-order valence-electron chi connectivity index (χ2n) is 8.55. The molecule has 1 spiro atoms. The van der Waals surface area contributed by atoms with E-state index in [1.165, 1.54) is 42.5 Å². The summed E-state index contributed by atoms with van der Waals surface area (Å²) in [5.74, 6) is 1.89.